The molecule has 0 aromatic heterocycles. The van der Waals surface area contributed by atoms with Crippen molar-refractivity contribution in [2.45, 2.75) is 51.7 Å². The fraction of sp³-hybridized carbons (Fsp3) is 1.00. The second-order valence-electron chi connectivity index (χ2n) is 4.92. The zero-order valence-electron chi connectivity index (χ0n) is 10.0. The molecule has 0 amide bonds. The van der Waals surface area contributed by atoms with Crippen molar-refractivity contribution in [3.63, 3.8) is 0 Å². The Morgan fingerprint density at radius 2 is 2.20 bits per heavy atom. The van der Waals surface area contributed by atoms with E-state index >= 15 is 0 Å². The summed E-state index contributed by atoms with van der Waals surface area (Å²) in [6.45, 7) is 6.95. The highest BCUT2D eigenvalue weighted by atomic mass is 16.5. The molecule has 1 saturated heterocycles. The van der Waals surface area contributed by atoms with Gasteiger partial charge in [-0.15, -0.1) is 0 Å². The Morgan fingerprint density at radius 1 is 1.40 bits per heavy atom. The van der Waals surface area contributed by atoms with Crippen molar-refractivity contribution in [3.8, 4) is 0 Å². The Bertz CT molecular complexity index is 156. The Hall–Kier alpha value is -0.120. The van der Waals surface area contributed by atoms with Gasteiger partial charge in [0.2, 0.25) is 0 Å². The fourth-order valence-corrected chi connectivity index (χ4v) is 1.89. The summed E-state index contributed by atoms with van der Waals surface area (Å²) in [5.41, 5.74) is 0. The molecule has 2 atom stereocenters. The van der Waals surface area contributed by atoms with Crippen molar-refractivity contribution in [1.29, 1.82) is 0 Å². The summed E-state index contributed by atoms with van der Waals surface area (Å²) < 4.78 is 5.51. The number of aliphatic hydroxyl groups is 1. The first-order chi connectivity index (χ1) is 7.18. The minimum absolute atomic E-state index is 0.215. The molecule has 1 fully saturated rings. The molecule has 0 aromatic carbocycles. The van der Waals surface area contributed by atoms with Crippen LogP contribution in [0.15, 0.2) is 0 Å². The van der Waals surface area contributed by atoms with Crippen LogP contribution >= 0.6 is 0 Å². The molecule has 0 aromatic rings. The van der Waals surface area contributed by atoms with Gasteiger partial charge in [-0.3, -0.25) is 0 Å². The maximum Gasteiger partial charge on any atom is 0.0665 e. The lowest BCUT2D eigenvalue weighted by Crippen LogP contribution is -2.30. The molecule has 2 unspecified atom stereocenters. The van der Waals surface area contributed by atoms with E-state index in [4.69, 9.17) is 4.74 Å². The summed E-state index contributed by atoms with van der Waals surface area (Å²) >= 11 is 0. The van der Waals surface area contributed by atoms with Crippen LogP contribution in [0.1, 0.15) is 39.5 Å². The highest BCUT2D eigenvalue weighted by Gasteiger charge is 2.16. The molecular weight excluding hydrogens is 190 g/mol. The number of hydrogen-bond donors (Lipinski definition) is 2. The van der Waals surface area contributed by atoms with Crippen LogP contribution in [0.3, 0.4) is 0 Å². The lowest BCUT2D eigenvalue weighted by atomic mass is 10.1. The molecule has 1 aliphatic heterocycles. The van der Waals surface area contributed by atoms with Crippen molar-refractivity contribution in [3.05, 3.63) is 0 Å². The minimum Gasteiger partial charge on any atom is -0.392 e. The molecule has 0 bridgehead atoms. The Labute approximate surface area is 93.2 Å². The van der Waals surface area contributed by atoms with E-state index in [2.05, 4.69) is 19.2 Å². The fourth-order valence-electron chi connectivity index (χ4n) is 1.89. The van der Waals surface area contributed by atoms with Gasteiger partial charge in [0, 0.05) is 13.2 Å². The Morgan fingerprint density at radius 3 is 2.80 bits per heavy atom. The van der Waals surface area contributed by atoms with Crippen molar-refractivity contribution >= 4 is 0 Å². The van der Waals surface area contributed by atoms with E-state index in [-0.39, 0.29) is 6.10 Å². The smallest absolute Gasteiger partial charge is 0.0665 e. The van der Waals surface area contributed by atoms with Gasteiger partial charge < -0.3 is 15.2 Å². The first-order valence-electron chi connectivity index (χ1n) is 6.19. The second kappa shape index (κ2) is 7.20. The Balaban J connectivity index is 1.95. The van der Waals surface area contributed by atoms with Crippen molar-refractivity contribution in [2.24, 2.45) is 5.92 Å². The molecule has 1 heterocycles. The van der Waals surface area contributed by atoms with Gasteiger partial charge in [0.1, 0.15) is 0 Å². The van der Waals surface area contributed by atoms with E-state index in [1.807, 2.05) is 0 Å². The Kier molecular flexibility index (Phi) is 6.22. The van der Waals surface area contributed by atoms with Crippen LogP contribution in [0.5, 0.6) is 0 Å². The van der Waals surface area contributed by atoms with Crippen LogP contribution in [-0.2, 0) is 4.74 Å². The van der Waals surface area contributed by atoms with Gasteiger partial charge >= 0.3 is 0 Å². The number of nitrogens with one attached hydrogen (secondary N) is 1. The molecule has 1 rings (SSSR count). The molecular formula is C12H25NO2. The molecule has 0 radical (unpaired) electrons. The van der Waals surface area contributed by atoms with E-state index in [9.17, 15) is 5.11 Å². The predicted molar refractivity (Wildman–Crippen MR) is 61.9 cm³/mol. The third-order valence-corrected chi connectivity index (χ3v) is 2.78. The summed E-state index contributed by atoms with van der Waals surface area (Å²) in [7, 11) is 0. The van der Waals surface area contributed by atoms with Gasteiger partial charge in [-0.1, -0.05) is 13.8 Å². The summed E-state index contributed by atoms with van der Waals surface area (Å²) in [6, 6.07) is 0. The summed E-state index contributed by atoms with van der Waals surface area (Å²) in [5, 5.41) is 13.0. The number of aliphatic hydroxyl groups excluding tert-OH is 1. The first kappa shape index (κ1) is 12.9. The van der Waals surface area contributed by atoms with E-state index in [1.54, 1.807) is 0 Å². The maximum absolute atomic E-state index is 9.70. The molecule has 0 aliphatic carbocycles. The average Bonchev–Trinajstić information content (AvgIpc) is 2.66. The highest BCUT2D eigenvalue weighted by molar-refractivity contribution is 4.68. The van der Waals surface area contributed by atoms with Gasteiger partial charge in [-0.2, -0.15) is 0 Å². The molecule has 15 heavy (non-hydrogen) atoms. The SMILES string of the molecule is CC(C)CNCC(O)CCC1CCCO1. The van der Waals surface area contributed by atoms with E-state index < -0.39 is 0 Å². The first-order valence-corrected chi connectivity index (χ1v) is 6.19. The van der Waals surface area contributed by atoms with Crippen LogP contribution < -0.4 is 5.32 Å². The zero-order chi connectivity index (χ0) is 11.1. The highest BCUT2D eigenvalue weighted by Crippen LogP contribution is 2.17. The van der Waals surface area contributed by atoms with Crippen LogP contribution in [0.25, 0.3) is 0 Å². The summed E-state index contributed by atoms with van der Waals surface area (Å²) in [6.07, 6.45) is 4.41. The van der Waals surface area contributed by atoms with E-state index in [0.29, 0.717) is 18.6 Å². The third kappa shape index (κ3) is 6.13. The lowest BCUT2D eigenvalue weighted by molar-refractivity contribution is 0.0809. The standard InChI is InChI=1S/C12H25NO2/c1-10(2)8-13-9-11(14)5-6-12-4-3-7-15-12/h10-14H,3-9H2,1-2H3. The number of hydrogen-bond acceptors (Lipinski definition) is 3. The quantitative estimate of drug-likeness (QED) is 0.677. The van der Waals surface area contributed by atoms with Crippen molar-refractivity contribution in [2.75, 3.05) is 19.7 Å². The van der Waals surface area contributed by atoms with Crippen molar-refractivity contribution < 1.29 is 9.84 Å². The second-order valence-corrected chi connectivity index (χ2v) is 4.92. The summed E-state index contributed by atoms with van der Waals surface area (Å²) in [5.74, 6) is 0.648. The summed E-state index contributed by atoms with van der Waals surface area (Å²) in [4.78, 5) is 0. The van der Waals surface area contributed by atoms with Crippen LogP contribution in [0.2, 0.25) is 0 Å². The largest absolute Gasteiger partial charge is 0.392 e. The van der Waals surface area contributed by atoms with Gasteiger partial charge in [0.05, 0.1) is 12.2 Å². The monoisotopic (exact) mass is 215 g/mol. The van der Waals surface area contributed by atoms with E-state index in [1.165, 1.54) is 12.8 Å². The number of ether oxygens (including phenoxy) is 1. The molecule has 1 aliphatic rings. The molecule has 0 saturated carbocycles. The predicted octanol–water partition coefficient (Wildman–Crippen LogP) is 1.55. The lowest BCUT2D eigenvalue weighted by Gasteiger charge is -2.15. The maximum atomic E-state index is 9.70. The van der Waals surface area contributed by atoms with Crippen LogP contribution in [0.4, 0.5) is 0 Å². The topological polar surface area (TPSA) is 41.5 Å². The van der Waals surface area contributed by atoms with Gasteiger partial charge in [-0.05, 0) is 38.1 Å². The van der Waals surface area contributed by atoms with Crippen molar-refractivity contribution in [1.82, 2.24) is 5.32 Å². The van der Waals surface area contributed by atoms with Gasteiger partial charge in [-0.25, -0.2) is 0 Å². The normalized spacial score (nSPS) is 23.6. The van der Waals surface area contributed by atoms with Gasteiger partial charge in [0.15, 0.2) is 0 Å². The minimum atomic E-state index is -0.215. The third-order valence-electron chi connectivity index (χ3n) is 2.78. The molecule has 3 nitrogen and oxygen atoms in total. The zero-order valence-corrected chi connectivity index (χ0v) is 10.0. The average molecular weight is 215 g/mol. The van der Waals surface area contributed by atoms with Crippen LogP contribution in [-0.4, -0.2) is 37.0 Å². The number of rotatable bonds is 7. The molecule has 90 valence electrons. The van der Waals surface area contributed by atoms with E-state index in [0.717, 1.165) is 26.0 Å². The van der Waals surface area contributed by atoms with Gasteiger partial charge in [0.25, 0.3) is 0 Å². The molecule has 0 spiro atoms. The molecule has 3 heteroatoms. The van der Waals surface area contributed by atoms with Crippen LogP contribution in [0, 0.1) is 5.92 Å². The molecule has 2 N–H and O–H groups in total.